The van der Waals surface area contributed by atoms with Crippen LogP contribution >= 0.6 is 0 Å². The Labute approximate surface area is 58.2 Å². The lowest BCUT2D eigenvalue weighted by atomic mass is 10.4. The Morgan fingerprint density at radius 3 is 2.90 bits per heavy atom. The highest BCUT2D eigenvalue weighted by atomic mass is 16.3. The SMILES string of the molecule is OCNc1cncc(O)c1. The van der Waals surface area contributed by atoms with E-state index in [1.807, 2.05) is 0 Å². The van der Waals surface area contributed by atoms with Gasteiger partial charge in [-0.25, -0.2) is 0 Å². The van der Waals surface area contributed by atoms with Crippen molar-refractivity contribution < 1.29 is 10.2 Å². The third-order valence-corrected chi connectivity index (χ3v) is 1.01. The van der Waals surface area contributed by atoms with Crippen molar-refractivity contribution in [1.82, 2.24) is 4.98 Å². The van der Waals surface area contributed by atoms with Crippen LogP contribution < -0.4 is 5.32 Å². The van der Waals surface area contributed by atoms with Gasteiger partial charge in [-0.15, -0.1) is 0 Å². The number of hydrogen-bond acceptors (Lipinski definition) is 4. The number of nitrogens with one attached hydrogen (secondary N) is 1. The van der Waals surface area contributed by atoms with Gasteiger partial charge >= 0.3 is 0 Å². The zero-order valence-electron chi connectivity index (χ0n) is 5.28. The lowest BCUT2D eigenvalue weighted by Crippen LogP contribution is -1.98. The van der Waals surface area contributed by atoms with Crippen molar-refractivity contribution in [1.29, 1.82) is 0 Å². The highest BCUT2D eigenvalue weighted by Gasteiger charge is 1.90. The Kier molecular flexibility index (Phi) is 2.07. The highest BCUT2D eigenvalue weighted by Crippen LogP contribution is 2.11. The number of rotatable bonds is 2. The van der Waals surface area contributed by atoms with Crippen LogP contribution in [0.5, 0.6) is 5.75 Å². The molecule has 10 heavy (non-hydrogen) atoms. The number of anilines is 1. The summed E-state index contributed by atoms with van der Waals surface area (Å²) in [5.74, 6) is 0.0819. The third kappa shape index (κ3) is 1.60. The Balaban J connectivity index is 2.75. The predicted molar refractivity (Wildman–Crippen MR) is 36.6 cm³/mol. The number of aromatic hydroxyl groups is 1. The molecule has 54 valence electrons. The van der Waals surface area contributed by atoms with Crippen LogP contribution in [0.4, 0.5) is 5.69 Å². The molecule has 0 radical (unpaired) electrons. The van der Waals surface area contributed by atoms with E-state index < -0.39 is 0 Å². The fourth-order valence-electron chi connectivity index (χ4n) is 0.616. The molecule has 0 aromatic carbocycles. The normalized spacial score (nSPS) is 9.30. The second-order valence-corrected chi connectivity index (χ2v) is 1.77. The summed E-state index contributed by atoms with van der Waals surface area (Å²) in [6.45, 7) is -0.162. The van der Waals surface area contributed by atoms with Crippen molar-refractivity contribution in [2.75, 3.05) is 12.0 Å². The topological polar surface area (TPSA) is 65.4 Å². The summed E-state index contributed by atoms with van der Waals surface area (Å²) in [4.78, 5) is 3.68. The first-order valence-corrected chi connectivity index (χ1v) is 2.81. The molecule has 0 aliphatic carbocycles. The van der Waals surface area contributed by atoms with E-state index in [9.17, 15) is 0 Å². The van der Waals surface area contributed by atoms with Gasteiger partial charge in [0.25, 0.3) is 0 Å². The summed E-state index contributed by atoms with van der Waals surface area (Å²) in [6, 6.07) is 1.48. The molecule has 0 amide bonds. The number of aliphatic hydroxyl groups excluding tert-OH is 1. The average Bonchev–Trinajstić information content (AvgIpc) is 1.88. The van der Waals surface area contributed by atoms with Gasteiger partial charge in [0.1, 0.15) is 12.5 Å². The third-order valence-electron chi connectivity index (χ3n) is 1.01. The molecule has 1 aromatic heterocycles. The van der Waals surface area contributed by atoms with E-state index in [0.717, 1.165) is 0 Å². The molecule has 0 unspecified atom stereocenters. The number of aliphatic hydroxyl groups is 1. The zero-order chi connectivity index (χ0) is 7.40. The second-order valence-electron chi connectivity index (χ2n) is 1.77. The first kappa shape index (κ1) is 6.82. The summed E-state index contributed by atoms with van der Waals surface area (Å²) in [7, 11) is 0. The maximum Gasteiger partial charge on any atom is 0.135 e. The molecule has 1 heterocycles. The Bertz CT molecular complexity index is 215. The standard InChI is InChI=1S/C6H8N2O2/c9-4-8-5-1-6(10)3-7-2-5/h1-3,8-10H,4H2. The molecule has 4 nitrogen and oxygen atoms in total. The molecule has 3 N–H and O–H groups in total. The fraction of sp³-hybridized carbons (Fsp3) is 0.167. The molecule has 0 aliphatic heterocycles. The molecule has 0 spiro atoms. The lowest BCUT2D eigenvalue weighted by Gasteiger charge is -1.99. The Morgan fingerprint density at radius 2 is 2.30 bits per heavy atom. The van der Waals surface area contributed by atoms with E-state index in [-0.39, 0.29) is 12.5 Å². The van der Waals surface area contributed by atoms with Crippen molar-refractivity contribution in [2.45, 2.75) is 0 Å². The molecular weight excluding hydrogens is 132 g/mol. The van der Waals surface area contributed by atoms with Crippen LogP contribution in [0.15, 0.2) is 18.5 Å². The molecule has 1 rings (SSSR count). The predicted octanol–water partition coefficient (Wildman–Crippen LogP) is 0.149. The van der Waals surface area contributed by atoms with Gasteiger partial charge in [-0.05, 0) is 0 Å². The summed E-state index contributed by atoms with van der Waals surface area (Å²) in [5.41, 5.74) is 0.600. The molecule has 4 heteroatoms. The van der Waals surface area contributed by atoms with Crippen LogP contribution in [0.25, 0.3) is 0 Å². The van der Waals surface area contributed by atoms with Gasteiger partial charge in [-0.3, -0.25) is 4.98 Å². The molecule has 0 saturated heterocycles. The minimum atomic E-state index is -0.162. The minimum absolute atomic E-state index is 0.0819. The summed E-state index contributed by atoms with van der Waals surface area (Å²) in [6.07, 6.45) is 2.83. The van der Waals surface area contributed by atoms with E-state index in [2.05, 4.69) is 10.3 Å². The Morgan fingerprint density at radius 1 is 1.50 bits per heavy atom. The first-order chi connectivity index (χ1) is 4.83. The van der Waals surface area contributed by atoms with Crippen molar-refractivity contribution in [3.8, 4) is 5.75 Å². The first-order valence-electron chi connectivity index (χ1n) is 2.81. The van der Waals surface area contributed by atoms with Gasteiger partial charge in [0.2, 0.25) is 0 Å². The Hall–Kier alpha value is -1.29. The number of pyridine rings is 1. The number of nitrogens with zero attached hydrogens (tertiary/aromatic N) is 1. The van der Waals surface area contributed by atoms with E-state index >= 15 is 0 Å². The maximum absolute atomic E-state index is 8.86. The second kappa shape index (κ2) is 3.03. The molecule has 1 aromatic rings. The summed E-state index contributed by atoms with van der Waals surface area (Å²) < 4.78 is 0. The lowest BCUT2D eigenvalue weighted by molar-refractivity contribution is 0.325. The van der Waals surface area contributed by atoms with Gasteiger partial charge in [0, 0.05) is 6.07 Å². The monoisotopic (exact) mass is 140 g/mol. The fourth-order valence-corrected chi connectivity index (χ4v) is 0.616. The van der Waals surface area contributed by atoms with Crippen LogP contribution in [0, 0.1) is 0 Å². The van der Waals surface area contributed by atoms with Crippen LogP contribution in [0.2, 0.25) is 0 Å². The van der Waals surface area contributed by atoms with Gasteiger partial charge < -0.3 is 15.5 Å². The molecule has 0 aliphatic rings. The van der Waals surface area contributed by atoms with E-state index in [1.54, 1.807) is 0 Å². The van der Waals surface area contributed by atoms with Gasteiger partial charge in [-0.1, -0.05) is 0 Å². The van der Waals surface area contributed by atoms with Gasteiger partial charge in [0.15, 0.2) is 0 Å². The van der Waals surface area contributed by atoms with Gasteiger partial charge in [0.05, 0.1) is 18.1 Å². The highest BCUT2D eigenvalue weighted by molar-refractivity contribution is 5.44. The molecule has 0 saturated carbocycles. The molecule has 0 fully saturated rings. The maximum atomic E-state index is 8.86. The summed E-state index contributed by atoms with van der Waals surface area (Å²) in [5, 5.41) is 19.8. The van der Waals surface area contributed by atoms with E-state index in [0.29, 0.717) is 5.69 Å². The largest absolute Gasteiger partial charge is 0.506 e. The van der Waals surface area contributed by atoms with Crippen LogP contribution in [-0.4, -0.2) is 21.9 Å². The van der Waals surface area contributed by atoms with E-state index in [4.69, 9.17) is 10.2 Å². The molecule has 0 atom stereocenters. The van der Waals surface area contributed by atoms with Crippen molar-refractivity contribution in [3.05, 3.63) is 18.5 Å². The van der Waals surface area contributed by atoms with Crippen LogP contribution in [0.3, 0.4) is 0 Å². The minimum Gasteiger partial charge on any atom is -0.506 e. The summed E-state index contributed by atoms with van der Waals surface area (Å²) >= 11 is 0. The number of hydrogen-bond donors (Lipinski definition) is 3. The van der Waals surface area contributed by atoms with Crippen molar-refractivity contribution >= 4 is 5.69 Å². The van der Waals surface area contributed by atoms with E-state index in [1.165, 1.54) is 18.5 Å². The quantitative estimate of drug-likeness (QED) is 0.511. The van der Waals surface area contributed by atoms with Crippen molar-refractivity contribution in [2.24, 2.45) is 0 Å². The van der Waals surface area contributed by atoms with Crippen LogP contribution in [-0.2, 0) is 0 Å². The van der Waals surface area contributed by atoms with Gasteiger partial charge in [-0.2, -0.15) is 0 Å². The van der Waals surface area contributed by atoms with Crippen LogP contribution in [0.1, 0.15) is 0 Å². The number of aromatic nitrogens is 1. The smallest absolute Gasteiger partial charge is 0.135 e. The molecule has 0 bridgehead atoms. The zero-order valence-corrected chi connectivity index (χ0v) is 5.28. The van der Waals surface area contributed by atoms with Crippen molar-refractivity contribution in [3.63, 3.8) is 0 Å². The average molecular weight is 140 g/mol. The molecular formula is C6H8N2O2.